The molecule has 0 N–H and O–H groups in total. The summed E-state index contributed by atoms with van der Waals surface area (Å²) in [6, 6.07) is 2.52. The monoisotopic (exact) mass is 217 g/mol. The average molecular weight is 217 g/mol. The summed E-state index contributed by atoms with van der Waals surface area (Å²) in [4.78, 5) is 0. The van der Waals surface area contributed by atoms with Gasteiger partial charge < -0.3 is 0 Å². The summed E-state index contributed by atoms with van der Waals surface area (Å²) in [5.41, 5.74) is 2.47. The molecule has 0 amide bonds. The Morgan fingerprint density at radius 3 is 2.31 bits per heavy atom. The van der Waals surface area contributed by atoms with Crippen LogP contribution in [0.25, 0.3) is 0 Å². The molecule has 1 saturated carbocycles. The predicted molar refractivity (Wildman–Crippen MR) is 68.9 cm³/mol. The number of hydrogen-bond donors (Lipinski definition) is 0. The van der Waals surface area contributed by atoms with E-state index in [1.807, 2.05) is 0 Å². The Morgan fingerprint density at radius 2 is 1.94 bits per heavy atom. The molecule has 0 aromatic carbocycles. The number of hydrogen-bond acceptors (Lipinski definition) is 1. The van der Waals surface area contributed by atoms with Gasteiger partial charge in [0.2, 0.25) is 0 Å². The third kappa shape index (κ3) is 2.98. The molecular weight excluding hydrogens is 194 g/mol. The van der Waals surface area contributed by atoms with Crippen molar-refractivity contribution in [1.82, 2.24) is 0 Å². The molecule has 0 aromatic heterocycles. The van der Waals surface area contributed by atoms with Crippen molar-refractivity contribution in [3.8, 4) is 6.07 Å². The molecule has 88 valence electrons. The minimum absolute atomic E-state index is 0.0417. The standard InChI is InChI=1S/C15H23N/c1-5-15(11-16)8-6-14(7-9-15)13(4)10-12(2)3/h14H,2,4-10H2,1,3H3. The fraction of sp³-hybridized carbons (Fsp3) is 0.667. The Kier molecular flexibility index (Phi) is 4.35. The van der Waals surface area contributed by atoms with Crippen LogP contribution in [0, 0.1) is 22.7 Å². The van der Waals surface area contributed by atoms with Crippen molar-refractivity contribution in [3.63, 3.8) is 0 Å². The van der Waals surface area contributed by atoms with Gasteiger partial charge in [0.1, 0.15) is 0 Å². The van der Waals surface area contributed by atoms with Crippen molar-refractivity contribution >= 4 is 0 Å². The van der Waals surface area contributed by atoms with Gasteiger partial charge in [-0.2, -0.15) is 5.26 Å². The zero-order valence-electron chi connectivity index (χ0n) is 10.7. The predicted octanol–water partition coefficient (Wildman–Crippen LogP) is 4.62. The van der Waals surface area contributed by atoms with Gasteiger partial charge in [-0.05, 0) is 51.4 Å². The van der Waals surface area contributed by atoms with Crippen LogP contribution in [0.2, 0.25) is 0 Å². The van der Waals surface area contributed by atoms with Gasteiger partial charge in [0, 0.05) is 0 Å². The molecule has 1 aliphatic rings. The summed E-state index contributed by atoms with van der Waals surface area (Å²) in [7, 11) is 0. The lowest BCUT2D eigenvalue weighted by atomic mass is 9.68. The van der Waals surface area contributed by atoms with Crippen molar-refractivity contribution in [1.29, 1.82) is 5.26 Å². The maximum atomic E-state index is 9.23. The van der Waals surface area contributed by atoms with E-state index in [1.54, 1.807) is 0 Å². The Hall–Kier alpha value is -1.03. The molecule has 1 rings (SSSR count). The summed E-state index contributed by atoms with van der Waals surface area (Å²) >= 11 is 0. The normalized spacial score (nSPS) is 29.4. The van der Waals surface area contributed by atoms with E-state index in [4.69, 9.17) is 0 Å². The van der Waals surface area contributed by atoms with Crippen molar-refractivity contribution in [2.45, 2.75) is 52.4 Å². The summed E-state index contributed by atoms with van der Waals surface area (Å²) in [6.07, 6.45) is 6.29. The van der Waals surface area contributed by atoms with Gasteiger partial charge in [-0.25, -0.2) is 0 Å². The molecule has 1 fully saturated rings. The second-order valence-corrected chi connectivity index (χ2v) is 5.31. The minimum atomic E-state index is -0.0417. The van der Waals surface area contributed by atoms with Gasteiger partial charge in [0.25, 0.3) is 0 Å². The van der Waals surface area contributed by atoms with Crippen LogP contribution in [0.3, 0.4) is 0 Å². The molecule has 0 aliphatic heterocycles. The lowest BCUT2D eigenvalue weighted by Crippen LogP contribution is -2.26. The summed E-state index contributed by atoms with van der Waals surface area (Å²) in [5, 5.41) is 9.23. The largest absolute Gasteiger partial charge is 0.198 e. The Labute approximate surface area is 99.9 Å². The van der Waals surface area contributed by atoms with E-state index >= 15 is 0 Å². The molecule has 16 heavy (non-hydrogen) atoms. The summed E-state index contributed by atoms with van der Waals surface area (Å²) in [6.45, 7) is 12.3. The third-order valence-corrected chi connectivity index (χ3v) is 3.96. The van der Waals surface area contributed by atoms with E-state index in [0.717, 1.165) is 38.5 Å². The van der Waals surface area contributed by atoms with Crippen molar-refractivity contribution in [2.75, 3.05) is 0 Å². The van der Waals surface area contributed by atoms with Crippen LogP contribution in [0.15, 0.2) is 24.3 Å². The molecule has 0 aromatic rings. The molecule has 0 saturated heterocycles. The maximum Gasteiger partial charge on any atom is 0.0689 e. The van der Waals surface area contributed by atoms with Crippen LogP contribution >= 0.6 is 0 Å². The second-order valence-electron chi connectivity index (χ2n) is 5.31. The van der Waals surface area contributed by atoms with Gasteiger partial charge in [0.15, 0.2) is 0 Å². The quantitative estimate of drug-likeness (QED) is 0.630. The van der Waals surface area contributed by atoms with Crippen LogP contribution in [0.4, 0.5) is 0 Å². The number of nitrogens with zero attached hydrogens (tertiary/aromatic N) is 1. The second kappa shape index (κ2) is 5.34. The van der Waals surface area contributed by atoms with E-state index in [0.29, 0.717) is 5.92 Å². The van der Waals surface area contributed by atoms with E-state index in [-0.39, 0.29) is 5.41 Å². The minimum Gasteiger partial charge on any atom is -0.198 e. The Morgan fingerprint density at radius 1 is 1.38 bits per heavy atom. The summed E-state index contributed by atoms with van der Waals surface area (Å²) < 4.78 is 0. The lowest BCUT2D eigenvalue weighted by Gasteiger charge is -2.35. The highest BCUT2D eigenvalue weighted by molar-refractivity contribution is 5.13. The molecule has 0 heterocycles. The number of rotatable bonds is 4. The van der Waals surface area contributed by atoms with E-state index < -0.39 is 0 Å². The average Bonchev–Trinajstić information content (AvgIpc) is 2.28. The van der Waals surface area contributed by atoms with Gasteiger partial charge in [-0.15, -0.1) is 0 Å². The van der Waals surface area contributed by atoms with Crippen molar-refractivity contribution in [2.24, 2.45) is 11.3 Å². The first kappa shape index (κ1) is 13.0. The molecule has 1 nitrogen and oxygen atoms in total. The number of nitriles is 1. The highest BCUT2D eigenvalue weighted by atomic mass is 14.4. The smallest absolute Gasteiger partial charge is 0.0689 e. The summed E-state index contributed by atoms with van der Waals surface area (Å²) in [5.74, 6) is 0.615. The van der Waals surface area contributed by atoms with Crippen LogP contribution < -0.4 is 0 Å². The first-order chi connectivity index (χ1) is 7.53. The zero-order valence-corrected chi connectivity index (χ0v) is 10.7. The van der Waals surface area contributed by atoms with Gasteiger partial charge >= 0.3 is 0 Å². The highest BCUT2D eigenvalue weighted by Crippen LogP contribution is 2.43. The highest BCUT2D eigenvalue weighted by Gasteiger charge is 2.34. The Balaban J connectivity index is 2.52. The van der Waals surface area contributed by atoms with Crippen LogP contribution in [-0.4, -0.2) is 0 Å². The molecule has 0 spiro atoms. The lowest BCUT2D eigenvalue weighted by molar-refractivity contribution is 0.220. The van der Waals surface area contributed by atoms with E-state index in [1.165, 1.54) is 11.1 Å². The topological polar surface area (TPSA) is 23.8 Å². The molecule has 0 unspecified atom stereocenters. The van der Waals surface area contributed by atoms with Crippen LogP contribution in [0.1, 0.15) is 52.4 Å². The molecule has 0 atom stereocenters. The fourth-order valence-corrected chi connectivity index (χ4v) is 2.66. The fourth-order valence-electron chi connectivity index (χ4n) is 2.66. The first-order valence-electron chi connectivity index (χ1n) is 6.26. The van der Waals surface area contributed by atoms with Crippen molar-refractivity contribution < 1.29 is 0 Å². The SMILES string of the molecule is C=C(C)CC(=C)C1CCC(C#N)(CC)CC1. The zero-order chi connectivity index (χ0) is 12.2. The number of allylic oxidation sites excluding steroid dienone is 2. The van der Waals surface area contributed by atoms with Gasteiger partial charge in [0.05, 0.1) is 11.5 Å². The molecular formula is C15H23N. The van der Waals surface area contributed by atoms with E-state index in [2.05, 4.69) is 33.1 Å². The van der Waals surface area contributed by atoms with Gasteiger partial charge in [-0.3, -0.25) is 0 Å². The first-order valence-corrected chi connectivity index (χ1v) is 6.26. The maximum absolute atomic E-state index is 9.23. The molecule has 0 bridgehead atoms. The molecule has 1 aliphatic carbocycles. The van der Waals surface area contributed by atoms with Crippen LogP contribution in [-0.2, 0) is 0 Å². The van der Waals surface area contributed by atoms with Crippen LogP contribution in [0.5, 0.6) is 0 Å². The molecule has 0 radical (unpaired) electrons. The third-order valence-electron chi connectivity index (χ3n) is 3.96. The van der Waals surface area contributed by atoms with Crippen molar-refractivity contribution in [3.05, 3.63) is 24.3 Å². The van der Waals surface area contributed by atoms with E-state index in [9.17, 15) is 5.26 Å². The Bertz CT molecular complexity index is 311. The molecule has 1 heteroatoms. The van der Waals surface area contributed by atoms with Gasteiger partial charge in [-0.1, -0.05) is 31.2 Å².